The maximum atomic E-state index is 12.4. The molecule has 168 valence electrons. The van der Waals surface area contributed by atoms with E-state index in [4.69, 9.17) is 19.9 Å². The van der Waals surface area contributed by atoms with Gasteiger partial charge in [0.2, 0.25) is 5.91 Å². The van der Waals surface area contributed by atoms with E-state index in [-0.39, 0.29) is 30.7 Å². The van der Waals surface area contributed by atoms with Gasteiger partial charge >= 0.3 is 0 Å². The van der Waals surface area contributed by atoms with Gasteiger partial charge in [-0.15, -0.1) is 24.8 Å². The van der Waals surface area contributed by atoms with Gasteiger partial charge in [0.25, 0.3) is 0 Å². The maximum Gasteiger partial charge on any atom is 0.240 e. The molecule has 7 nitrogen and oxygen atoms in total. The van der Waals surface area contributed by atoms with Crippen LogP contribution in [0.1, 0.15) is 32.3 Å². The molecule has 1 amide bonds. The molecule has 0 aliphatic carbocycles. The van der Waals surface area contributed by atoms with Gasteiger partial charge in [-0.25, -0.2) is 0 Å². The standard InChI is InChI=1S/C20H33N3O4.2ClH/c1-4-23(5-2)10-13-27-17-7-6-16(14-18(17)25-3)15-22-19(24)20(21)8-11-26-12-9-20;;/h6-7,14H,4-5,8-13,15,21H2,1-3H3,(H,22,24);2*1H. The number of hydrogen-bond acceptors (Lipinski definition) is 6. The van der Waals surface area contributed by atoms with Crippen LogP contribution in [0.2, 0.25) is 0 Å². The fraction of sp³-hybridized carbons (Fsp3) is 0.650. The molecular weight excluding hydrogens is 417 g/mol. The second kappa shape index (κ2) is 13.9. The lowest BCUT2D eigenvalue weighted by Crippen LogP contribution is -2.56. The zero-order chi connectivity index (χ0) is 19.7. The summed E-state index contributed by atoms with van der Waals surface area (Å²) in [7, 11) is 1.62. The highest BCUT2D eigenvalue weighted by Gasteiger charge is 2.35. The van der Waals surface area contributed by atoms with Crippen LogP contribution in [-0.2, 0) is 16.1 Å². The van der Waals surface area contributed by atoms with Crippen molar-refractivity contribution in [3.63, 3.8) is 0 Å². The van der Waals surface area contributed by atoms with Crippen LogP contribution >= 0.6 is 24.8 Å². The molecule has 29 heavy (non-hydrogen) atoms. The monoisotopic (exact) mass is 451 g/mol. The van der Waals surface area contributed by atoms with Gasteiger partial charge in [-0.1, -0.05) is 19.9 Å². The molecule has 0 radical (unpaired) electrons. The van der Waals surface area contributed by atoms with Crippen molar-refractivity contribution in [2.75, 3.05) is 46.6 Å². The maximum absolute atomic E-state index is 12.4. The second-order valence-electron chi connectivity index (χ2n) is 6.81. The van der Waals surface area contributed by atoms with Crippen LogP contribution in [0.15, 0.2) is 18.2 Å². The van der Waals surface area contributed by atoms with E-state index in [1.54, 1.807) is 7.11 Å². The van der Waals surface area contributed by atoms with Gasteiger partial charge in [0.15, 0.2) is 11.5 Å². The SMILES string of the molecule is CCN(CC)CCOc1ccc(CNC(=O)C2(N)CCOCC2)cc1OC.Cl.Cl. The number of amides is 1. The summed E-state index contributed by atoms with van der Waals surface area (Å²) < 4.78 is 16.6. The summed E-state index contributed by atoms with van der Waals surface area (Å²) >= 11 is 0. The number of benzene rings is 1. The largest absolute Gasteiger partial charge is 0.493 e. The number of ether oxygens (including phenoxy) is 3. The van der Waals surface area contributed by atoms with Crippen LogP contribution < -0.4 is 20.5 Å². The molecule has 1 aromatic rings. The highest BCUT2D eigenvalue weighted by atomic mass is 35.5. The van der Waals surface area contributed by atoms with Crippen LogP contribution in [0.25, 0.3) is 0 Å². The van der Waals surface area contributed by atoms with Crippen molar-refractivity contribution in [2.24, 2.45) is 5.73 Å². The van der Waals surface area contributed by atoms with Gasteiger partial charge in [0, 0.05) is 26.3 Å². The minimum atomic E-state index is -0.837. The number of hydrogen-bond donors (Lipinski definition) is 2. The molecule has 1 saturated heterocycles. The number of carbonyl (C=O) groups excluding carboxylic acids is 1. The second-order valence-corrected chi connectivity index (χ2v) is 6.81. The first-order valence-corrected chi connectivity index (χ1v) is 9.69. The Hall–Kier alpha value is -1.25. The number of nitrogens with zero attached hydrogens (tertiary/aromatic N) is 1. The predicted molar refractivity (Wildman–Crippen MR) is 120 cm³/mol. The summed E-state index contributed by atoms with van der Waals surface area (Å²) in [4.78, 5) is 14.7. The van der Waals surface area contributed by atoms with Crippen LogP contribution in [-0.4, -0.2) is 62.9 Å². The minimum Gasteiger partial charge on any atom is -0.493 e. The molecule has 2 rings (SSSR count). The topological polar surface area (TPSA) is 86.1 Å². The van der Waals surface area contributed by atoms with Gasteiger partial charge in [0.1, 0.15) is 6.61 Å². The molecule has 0 aromatic heterocycles. The van der Waals surface area contributed by atoms with E-state index in [2.05, 4.69) is 24.1 Å². The van der Waals surface area contributed by atoms with Gasteiger partial charge in [-0.2, -0.15) is 0 Å². The summed E-state index contributed by atoms with van der Waals surface area (Å²) in [6, 6.07) is 5.71. The first-order valence-electron chi connectivity index (χ1n) is 9.69. The molecule has 1 aliphatic rings. The molecule has 0 unspecified atom stereocenters. The molecular formula is C20H35Cl2N3O4. The molecule has 3 N–H and O–H groups in total. The smallest absolute Gasteiger partial charge is 0.240 e. The number of methoxy groups -OCH3 is 1. The van der Waals surface area contributed by atoms with Crippen molar-refractivity contribution >= 4 is 30.7 Å². The van der Waals surface area contributed by atoms with Crippen molar-refractivity contribution in [1.82, 2.24) is 10.2 Å². The average Bonchev–Trinajstić information content (AvgIpc) is 2.70. The molecule has 0 saturated carbocycles. The van der Waals surface area contributed by atoms with Crippen LogP contribution in [0.5, 0.6) is 11.5 Å². The Morgan fingerprint density at radius 1 is 1.21 bits per heavy atom. The molecule has 1 fully saturated rings. The van der Waals surface area contributed by atoms with Crippen LogP contribution in [0.4, 0.5) is 0 Å². The van der Waals surface area contributed by atoms with E-state index in [9.17, 15) is 4.79 Å². The first-order chi connectivity index (χ1) is 13.0. The normalized spacial score (nSPS) is 15.1. The highest BCUT2D eigenvalue weighted by molar-refractivity contribution is 5.86. The summed E-state index contributed by atoms with van der Waals surface area (Å²) in [5.41, 5.74) is 6.31. The number of nitrogens with two attached hydrogens (primary N) is 1. The third-order valence-corrected chi connectivity index (χ3v) is 5.08. The third kappa shape index (κ3) is 8.18. The van der Waals surface area contributed by atoms with E-state index >= 15 is 0 Å². The quantitative estimate of drug-likeness (QED) is 0.567. The van der Waals surface area contributed by atoms with Crippen molar-refractivity contribution in [2.45, 2.75) is 38.8 Å². The van der Waals surface area contributed by atoms with Crippen LogP contribution in [0, 0.1) is 0 Å². The Morgan fingerprint density at radius 3 is 2.45 bits per heavy atom. The zero-order valence-corrected chi connectivity index (χ0v) is 19.2. The first kappa shape index (κ1) is 27.8. The van der Waals surface area contributed by atoms with E-state index in [0.29, 0.717) is 50.7 Å². The molecule has 1 aliphatic heterocycles. The Balaban J connectivity index is 0.00000392. The van der Waals surface area contributed by atoms with Crippen molar-refractivity contribution in [3.8, 4) is 11.5 Å². The fourth-order valence-electron chi connectivity index (χ4n) is 3.09. The van der Waals surface area contributed by atoms with Gasteiger partial charge in [0.05, 0.1) is 12.6 Å². The highest BCUT2D eigenvalue weighted by Crippen LogP contribution is 2.28. The Kier molecular flexibility index (Phi) is 13.3. The van der Waals surface area contributed by atoms with Crippen molar-refractivity contribution in [3.05, 3.63) is 23.8 Å². The number of rotatable bonds is 10. The Labute approximate surface area is 186 Å². The lowest BCUT2D eigenvalue weighted by molar-refractivity contribution is -0.129. The van der Waals surface area contributed by atoms with Gasteiger partial charge < -0.3 is 30.2 Å². The molecule has 1 heterocycles. The number of nitrogens with one attached hydrogen (secondary N) is 1. The molecule has 0 bridgehead atoms. The summed E-state index contributed by atoms with van der Waals surface area (Å²) in [5, 5.41) is 2.93. The minimum absolute atomic E-state index is 0. The third-order valence-electron chi connectivity index (χ3n) is 5.08. The van der Waals surface area contributed by atoms with Crippen molar-refractivity contribution < 1.29 is 19.0 Å². The van der Waals surface area contributed by atoms with Gasteiger partial charge in [-0.05, 0) is 43.6 Å². The average molecular weight is 452 g/mol. The molecule has 0 atom stereocenters. The van der Waals surface area contributed by atoms with Gasteiger partial charge in [-0.3, -0.25) is 4.79 Å². The Morgan fingerprint density at radius 2 is 1.86 bits per heavy atom. The number of halogens is 2. The van der Waals surface area contributed by atoms with Crippen molar-refractivity contribution in [1.29, 1.82) is 0 Å². The summed E-state index contributed by atoms with van der Waals surface area (Å²) in [6.07, 6.45) is 1.09. The van der Waals surface area contributed by atoms with E-state index < -0.39 is 5.54 Å². The van der Waals surface area contributed by atoms with Crippen LogP contribution in [0.3, 0.4) is 0 Å². The lowest BCUT2D eigenvalue weighted by atomic mass is 9.90. The predicted octanol–water partition coefficient (Wildman–Crippen LogP) is 2.38. The molecule has 1 aromatic carbocycles. The Bertz CT molecular complexity index is 609. The molecule has 0 spiro atoms. The molecule has 9 heteroatoms. The summed E-state index contributed by atoms with van der Waals surface area (Å²) in [6.45, 7) is 9.21. The summed E-state index contributed by atoms with van der Waals surface area (Å²) in [5.74, 6) is 1.23. The number of carbonyl (C=O) groups is 1. The van der Waals surface area contributed by atoms with E-state index in [0.717, 1.165) is 25.2 Å². The zero-order valence-electron chi connectivity index (χ0n) is 17.6. The lowest BCUT2D eigenvalue weighted by Gasteiger charge is -2.31. The van der Waals surface area contributed by atoms with E-state index in [1.165, 1.54) is 0 Å². The fourth-order valence-corrected chi connectivity index (χ4v) is 3.09. The number of likely N-dealkylation sites (N-methyl/N-ethyl adjacent to an activating group) is 1. The van der Waals surface area contributed by atoms with E-state index in [1.807, 2.05) is 18.2 Å².